The molecule has 0 aliphatic carbocycles. The molecule has 8 heteroatoms. The van der Waals surface area contributed by atoms with Crippen LogP contribution < -0.4 is 5.32 Å². The topological polar surface area (TPSA) is 124 Å². The van der Waals surface area contributed by atoms with Crippen LogP contribution in [0.25, 0.3) is 0 Å². The first-order chi connectivity index (χ1) is 19.2. The molecule has 0 spiro atoms. The first kappa shape index (κ1) is 39.3. The van der Waals surface area contributed by atoms with Crippen LogP contribution in [0.15, 0.2) is 0 Å². The fraction of sp³-hybridized carbons (Fsp3) is 0.969. The average molecular weight is 592 g/mol. The Hall–Kier alpha value is -0.700. The molecule has 40 heavy (non-hydrogen) atoms. The van der Waals surface area contributed by atoms with E-state index in [4.69, 9.17) is 0 Å². The number of aliphatic hydroxyl groups excluding tert-OH is 2. The molecule has 0 aromatic rings. The van der Waals surface area contributed by atoms with Crippen molar-refractivity contribution in [3.8, 4) is 0 Å². The summed E-state index contributed by atoms with van der Waals surface area (Å²) >= 11 is 0. The average Bonchev–Trinajstić information content (AvgIpc) is 2.90. The highest BCUT2D eigenvalue weighted by molar-refractivity contribution is 7.85. The lowest BCUT2D eigenvalue weighted by Crippen LogP contribution is -2.50. The number of amides is 1. The van der Waals surface area contributed by atoms with Gasteiger partial charge in [-0.25, -0.2) is 0 Å². The lowest BCUT2D eigenvalue weighted by Gasteiger charge is -2.24. The molecule has 240 valence electrons. The Balaban J connectivity index is 3.97. The summed E-state index contributed by atoms with van der Waals surface area (Å²) in [5, 5.41) is 23.2. The van der Waals surface area contributed by atoms with Gasteiger partial charge in [0.05, 0.1) is 17.9 Å². The summed E-state index contributed by atoms with van der Waals surface area (Å²) in [5.41, 5.74) is 0. The SMILES string of the molecule is CCCCCCCCCCCCCCCCCCC(O)C(=O)NC(CS(=O)(=O)O)C(O)CCCCCCCCC. The molecular formula is C32H65NO6S. The molecule has 0 rings (SSSR count). The summed E-state index contributed by atoms with van der Waals surface area (Å²) in [6.45, 7) is 4.42. The molecule has 0 radical (unpaired) electrons. The Kier molecular flexibility index (Phi) is 26.7. The first-order valence-corrected chi connectivity index (χ1v) is 18.4. The third-order valence-corrected chi connectivity index (χ3v) is 8.70. The molecule has 4 N–H and O–H groups in total. The number of unbranched alkanes of at least 4 members (excludes halogenated alkanes) is 21. The number of rotatable bonds is 30. The van der Waals surface area contributed by atoms with Crippen molar-refractivity contribution < 1.29 is 28.0 Å². The Bertz CT molecular complexity index is 672. The molecule has 0 heterocycles. The fourth-order valence-corrected chi connectivity index (χ4v) is 6.04. The minimum Gasteiger partial charge on any atom is -0.391 e. The summed E-state index contributed by atoms with van der Waals surface area (Å²) in [4.78, 5) is 12.5. The summed E-state index contributed by atoms with van der Waals surface area (Å²) in [5.74, 6) is -1.45. The minimum atomic E-state index is -4.39. The van der Waals surface area contributed by atoms with Gasteiger partial charge in [-0.3, -0.25) is 9.35 Å². The smallest absolute Gasteiger partial charge is 0.266 e. The third kappa shape index (κ3) is 26.2. The summed E-state index contributed by atoms with van der Waals surface area (Å²) < 4.78 is 32.2. The molecule has 0 aromatic heterocycles. The maximum absolute atomic E-state index is 12.5. The van der Waals surface area contributed by atoms with Crippen molar-refractivity contribution in [1.29, 1.82) is 0 Å². The van der Waals surface area contributed by atoms with Crippen LogP contribution >= 0.6 is 0 Å². The zero-order valence-corrected chi connectivity index (χ0v) is 26.9. The Morgan fingerprint density at radius 1 is 0.575 bits per heavy atom. The van der Waals surface area contributed by atoms with Gasteiger partial charge in [0.1, 0.15) is 6.10 Å². The molecular weight excluding hydrogens is 526 g/mol. The highest BCUT2D eigenvalue weighted by Crippen LogP contribution is 2.15. The van der Waals surface area contributed by atoms with Gasteiger partial charge < -0.3 is 15.5 Å². The third-order valence-electron chi connectivity index (χ3n) is 7.92. The molecule has 0 aromatic carbocycles. The van der Waals surface area contributed by atoms with Crippen LogP contribution in [0, 0.1) is 0 Å². The van der Waals surface area contributed by atoms with Crippen molar-refractivity contribution in [2.24, 2.45) is 0 Å². The molecule has 0 fully saturated rings. The Labute approximate surface area is 247 Å². The van der Waals surface area contributed by atoms with Crippen molar-refractivity contribution in [3.05, 3.63) is 0 Å². The van der Waals surface area contributed by atoms with E-state index in [1.54, 1.807) is 0 Å². The summed E-state index contributed by atoms with van der Waals surface area (Å²) in [6, 6.07) is -1.14. The first-order valence-electron chi connectivity index (χ1n) is 16.8. The van der Waals surface area contributed by atoms with E-state index in [9.17, 15) is 28.0 Å². The number of carbonyl (C=O) groups is 1. The van der Waals surface area contributed by atoms with Gasteiger partial charge in [-0.1, -0.05) is 162 Å². The van der Waals surface area contributed by atoms with Crippen molar-refractivity contribution in [3.63, 3.8) is 0 Å². The fourth-order valence-electron chi connectivity index (χ4n) is 5.28. The highest BCUT2D eigenvalue weighted by atomic mass is 32.2. The number of carbonyl (C=O) groups excluding carboxylic acids is 1. The zero-order chi connectivity index (χ0) is 29.9. The standard InChI is InChI=1S/C32H65NO6S/c1-3-5-7-9-11-12-13-14-15-16-17-18-19-21-23-25-27-31(35)32(36)33-29(28-40(37,38)39)30(34)26-24-22-20-10-8-6-4-2/h29-31,34-35H,3-28H2,1-2H3,(H,33,36)(H,37,38,39). The maximum Gasteiger partial charge on any atom is 0.266 e. The van der Waals surface area contributed by atoms with E-state index in [0.717, 1.165) is 38.5 Å². The molecule has 0 bridgehead atoms. The monoisotopic (exact) mass is 591 g/mol. The quantitative estimate of drug-likeness (QED) is 0.0498. The van der Waals surface area contributed by atoms with E-state index in [1.165, 1.54) is 103 Å². The highest BCUT2D eigenvalue weighted by Gasteiger charge is 2.28. The van der Waals surface area contributed by atoms with E-state index in [2.05, 4.69) is 19.2 Å². The molecule has 0 aliphatic rings. The second-order valence-corrected chi connectivity index (χ2v) is 13.4. The molecule has 3 atom stereocenters. The maximum atomic E-state index is 12.5. The number of hydrogen-bond acceptors (Lipinski definition) is 5. The van der Waals surface area contributed by atoms with Crippen LogP contribution in [0.1, 0.15) is 174 Å². The van der Waals surface area contributed by atoms with Crippen LogP contribution in [0.2, 0.25) is 0 Å². The number of aliphatic hydroxyl groups is 2. The molecule has 1 amide bonds. The molecule has 0 aliphatic heterocycles. The second-order valence-electron chi connectivity index (χ2n) is 11.9. The Morgan fingerprint density at radius 2 is 0.900 bits per heavy atom. The van der Waals surface area contributed by atoms with E-state index in [-0.39, 0.29) is 0 Å². The van der Waals surface area contributed by atoms with Crippen molar-refractivity contribution in [2.75, 3.05) is 5.75 Å². The van der Waals surface area contributed by atoms with E-state index < -0.39 is 40.0 Å². The van der Waals surface area contributed by atoms with E-state index >= 15 is 0 Å². The van der Waals surface area contributed by atoms with Gasteiger partial charge in [0.25, 0.3) is 10.1 Å². The summed E-state index contributed by atoms with van der Waals surface area (Å²) in [6.07, 6.45) is 25.8. The second kappa shape index (κ2) is 27.2. The van der Waals surface area contributed by atoms with Gasteiger partial charge in [0.15, 0.2) is 0 Å². The lowest BCUT2D eigenvalue weighted by atomic mass is 10.0. The molecule has 7 nitrogen and oxygen atoms in total. The number of hydrogen-bond donors (Lipinski definition) is 4. The van der Waals surface area contributed by atoms with Crippen LogP contribution in [-0.2, 0) is 14.9 Å². The van der Waals surface area contributed by atoms with Gasteiger partial charge >= 0.3 is 0 Å². The molecule has 0 saturated carbocycles. The van der Waals surface area contributed by atoms with Gasteiger partial charge in [-0.15, -0.1) is 0 Å². The minimum absolute atomic E-state index is 0.302. The van der Waals surface area contributed by atoms with Crippen LogP contribution in [-0.4, -0.2) is 53.1 Å². The van der Waals surface area contributed by atoms with Gasteiger partial charge in [-0.05, 0) is 12.8 Å². The van der Waals surface area contributed by atoms with Gasteiger partial charge in [-0.2, -0.15) is 8.42 Å². The summed E-state index contributed by atoms with van der Waals surface area (Å²) in [7, 11) is -4.39. The Morgan fingerprint density at radius 3 is 1.25 bits per heavy atom. The molecule has 3 unspecified atom stereocenters. The molecule has 0 saturated heterocycles. The normalized spacial score (nSPS) is 14.2. The number of nitrogens with one attached hydrogen (secondary N) is 1. The van der Waals surface area contributed by atoms with E-state index in [0.29, 0.717) is 19.3 Å². The van der Waals surface area contributed by atoms with Crippen molar-refractivity contribution >= 4 is 16.0 Å². The van der Waals surface area contributed by atoms with Crippen LogP contribution in [0.3, 0.4) is 0 Å². The predicted octanol–water partition coefficient (Wildman–Crippen LogP) is 7.87. The largest absolute Gasteiger partial charge is 0.391 e. The predicted molar refractivity (Wildman–Crippen MR) is 167 cm³/mol. The van der Waals surface area contributed by atoms with E-state index in [1.807, 2.05) is 0 Å². The zero-order valence-electron chi connectivity index (χ0n) is 26.1. The lowest BCUT2D eigenvalue weighted by molar-refractivity contribution is -0.131. The van der Waals surface area contributed by atoms with Crippen LogP contribution in [0.5, 0.6) is 0 Å². The van der Waals surface area contributed by atoms with Crippen LogP contribution in [0.4, 0.5) is 0 Å². The van der Waals surface area contributed by atoms with Gasteiger partial charge in [0.2, 0.25) is 5.91 Å². The van der Waals surface area contributed by atoms with Crippen molar-refractivity contribution in [1.82, 2.24) is 5.32 Å². The van der Waals surface area contributed by atoms with Gasteiger partial charge in [0, 0.05) is 0 Å². The van der Waals surface area contributed by atoms with Crippen molar-refractivity contribution in [2.45, 2.75) is 193 Å².